The van der Waals surface area contributed by atoms with Gasteiger partial charge in [0.1, 0.15) is 12.3 Å². The number of Topliss-reactive ketones (excluding diaryl/α,β-unsaturated/α-hetero) is 1. The first-order chi connectivity index (χ1) is 17.0. The first-order valence-corrected chi connectivity index (χ1v) is 13.2. The van der Waals surface area contributed by atoms with Crippen LogP contribution in [0.3, 0.4) is 0 Å². The van der Waals surface area contributed by atoms with Crippen LogP contribution in [0.2, 0.25) is 0 Å². The Hall–Kier alpha value is -2.14. The van der Waals surface area contributed by atoms with Crippen LogP contribution < -0.4 is 21.3 Å². The van der Waals surface area contributed by atoms with E-state index in [2.05, 4.69) is 21.3 Å². The maximum atomic E-state index is 14.4. The van der Waals surface area contributed by atoms with Gasteiger partial charge in [-0.25, -0.2) is 8.78 Å². The molecule has 0 aromatic rings. The summed E-state index contributed by atoms with van der Waals surface area (Å²) >= 11 is 0. The van der Waals surface area contributed by atoms with Gasteiger partial charge in [0.05, 0.1) is 12.2 Å². The predicted molar refractivity (Wildman–Crippen MR) is 132 cm³/mol. The van der Waals surface area contributed by atoms with Crippen LogP contribution in [0.15, 0.2) is 0 Å². The van der Waals surface area contributed by atoms with Crippen molar-refractivity contribution in [2.45, 2.75) is 103 Å². The highest BCUT2D eigenvalue weighted by Crippen LogP contribution is 2.32. The molecular formula is C25H43F2N5O4. The lowest BCUT2D eigenvalue weighted by atomic mass is 9.82. The zero-order chi connectivity index (χ0) is 27.0. The number of amides is 3. The molecule has 1 saturated heterocycles. The molecule has 9 nitrogen and oxygen atoms in total. The van der Waals surface area contributed by atoms with Crippen LogP contribution in [0.1, 0.15) is 66.7 Å². The third-order valence-corrected chi connectivity index (χ3v) is 7.14. The molecule has 0 spiro atoms. The Labute approximate surface area is 212 Å². The third-order valence-electron chi connectivity index (χ3n) is 7.14. The molecule has 36 heavy (non-hydrogen) atoms. The summed E-state index contributed by atoms with van der Waals surface area (Å²) < 4.78 is 27.9. The van der Waals surface area contributed by atoms with Gasteiger partial charge in [-0.2, -0.15) is 0 Å². The van der Waals surface area contributed by atoms with E-state index in [0.717, 1.165) is 0 Å². The lowest BCUT2D eigenvalue weighted by Gasteiger charge is -2.33. The molecule has 3 amide bonds. The summed E-state index contributed by atoms with van der Waals surface area (Å²) in [4.78, 5) is 52.5. The minimum absolute atomic E-state index is 0.0966. The fourth-order valence-corrected chi connectivity index (χ4v) is 4.83. The van der Waals surface area contributed by atoms with Crippen LogP contribution in [0, 0.1) is 11.8 Å². The molecule has 2 rings (SSSR count). The lowest BCUT2D eigenvalue weighted by molar-refractivity contribution is -0.148. The van der Waals surface area contributed by atoms with Crippen LogP contribution in [0.4, 0.5) is 8.78 Å². The van der Waals surface area contributed by atoms with Crippen molar-refractivity contribution in [3.05, 3.63) is 0 Å². The summed E-state index contributed by atoms with van der Waals surface area (Å²) in [6, 6.07) is -2.40. The highest BCUT2D eigenvalue weighted by atomic mass is 19.1. The van der Waals surface area contributed by atoms with Crippen LogP contribution >= 0.6 is 0 Å². The van der Waals surface area contributed by atoms with E-state index in [0.29, 0.717) is 38.9 Å². The normalized spacial score (nSPS) is 27.8. The topological polar surface area (TPSA) is 120 Å². The summed E-state index contributed by atoms with van der Waals surface area (Å²) in [6.45, 7) is 10.1. The molecule has 0 bridgehead atoms. The van der Waals surface area contributed by atoms with Gasteiger partial charge >= 0.3 is 0 Å². The molecule has 206 valence electrons. The standard InChI is InChI=1S/C25H43F2N5O4/c1-6-32(7-2)25(36)22(34)21(31-20(33)11-8-14(3)4)24(35)29-15(5)23-28-13-19(30-23)17-10-9-16(26)12-18(17)27/h14-19,21,23,28,30H,6-13H2,1-5H3,(H,29,35)(H,31,33)/t15-,16?,17?,18?,19?,21-,23?/m0/s1. The fourth-order valence-electron chi connectivity index (χ4n) is 4.83. The van der Waals surface area contributed by atoms with E-state index in [1.165, 1.54) is 4.90 Å². The van der Waals surface area contributed by atoms with Gasteiger partial charge in [-0.1, -0.05) is 13.8 Å². The number of hydrogen-bond acceptors (Lipinski definition) is 6. The lowest BCUT2D eigenvalue weighted by Crippen LogP contribution is -2.60. The van der Waals surface area contributed by atoms with Gasteiger partial charge in [0, 0.05) is 44.4 Å². The molecule has 1 saturated carbocycles. The summed E-state index contributed by atoms with van der Waals surface area (Å²) in [6.07, 6.45) is -1.37. The van der Waals surface area contributed by atoms with E-state index in [1.54, 1.807) is 20.8 Å². The number of alkyl halides is 2. The average molecular weight is 516 g/mol. The van der Waals surface area contributed by atoms with Gasteiger partial charge < -0.3 is 15.5 Å². The predicted octanol–water partition coefficient (Wildman–Crippen LogP) is 1.21. The van der Waals surface area contributed by atoms with Gasteiger partial charge in [-0.15, -0.1) is 0 Å². The highest BCUT2D eigenvalue weighted by molar-refractivity contribution is 6.42. The molecular weight excluding hydrogens is 472 g/mol. The Balaban J connectivity index is 2.05. The van der Waals surface area contributed by atoms with Crippen molar-refractivity contribution in [3.8, 4) is 0 Å². The molecule has 2 fully saturated rings. The van der Waals surface area contributed by atoms with E-state index < -0.39 is 54.1 Å². The van der Waals surface area contributed by atoms with Crippen molar-refractivity contribution >= 4 is 23.5 Å². The largest absolute Gasteiger partial charge is 0.349 e. The van der Waals surface area contributed by atoms with Gasteiger partial charge in [0.15, 0.2) is 6.04 Å². The minimum atomic E-state index is -1.65. The minimum Gasteiger partial charge on any atom is -0.349 e. The molecule has 0 aromatic carbocycles. The monoisotopic (exact) mass is 515 g/mol. The zero-order valence-corrected chi connectivity index (χ0v) is 22.1. The van der Waals surface area contributed by atoms with E-state index in [-0.39, 0.29) is 30.7 Å². The molecule has 0 aromatic heterocycles. The van der Waals surface area contributed by atoms with Gasteiger partial charge in [0.25, 0.3) is 17.6 Å². The number of likely N-dealkylation sites (N-methyl/N-ethyl adjacent to an activating group) is 1. The van der Waals surface area contributed by atoms with Gasteiger partial charge in [-0.3, -0.25) is 29.8 Å². The van der Waals surface area contributed by atoms with Crippen molar-refractivity contribution in [3.63, 3.8) is 0 Å². The van der Waals surface area contributed by atoms with Crippen molar-refractivity contribution in [2.75, 3.05) is 19.6 Å². The summed E-state index contributed by atoms with van der Waals surface area (Å²) in [5, 5.41) is 11.7. The van der Waals surface area contributed by atoms with Crippen molar-refractivity contribution in [1.29, 1.82) is 0 Å². The van der Waals surface area contributed by atoms with Crippen molar-refractivity contribution in [2.24, 2.45) is 11.8 Å². The van der Waals surface area contributed by atoms with E-state index >= 15 is 0 Å². The maximum absolute atomic E-state index is 14.4. The van der Waals surface area contributed by atoms with Gasteiger partial charge in [-0.05, 0) is 46.0 Å². The molecule has 4 N–H and O–H groups in total. The summed E-state index contributed by atoms with van der Waals surface area (Å²) in [5.41, 5.74) is 0. The Morgan fingerprint density at radius 3 is 2.28 bits per heavy atom. The Morgan fingerprint density at radius 2 is 1.69 bits per heavy atom. The number of carbonyl (C=O) groups is 4. The molecule has 5 unspecified atom stereocenters. The van der Waals surface area contributed by atoms with Crippen molar-refractivity contribution in [1.82, 2.24) is 26.2 Å². The quantitative estimate of drug-likeness (QED) is 0.229. The Morgan fingerprint density at radius 1 is 1.03 bits per heavy atom. The maximum Gasteiger partial charge on any atom is 0.292 e. The SMILES string of the molecule is CCN(CC)C(=O)C(=O)[C@H](NC(=O)CCC(C)C)C(=O)N[C@@H](C)C1NCC(C2CCC(F)CC2F)N1. The number of ketones is 1. The number of rotatable bonds is 12. The number of halogens is 2. The number of hydrogen-bond donors (Lipinski definition) is 4. The number of nitrogens with zero attached hydrogens (tertiary/aromatic N) is 1. The molecule has 7 atom stereocenters. The molecule has 1 heterocycles. The molecule has 11 heteroatoms. The molecule has 0 radical (unpaired) electrons. The zero-order valence-electron chi connectivity index (χ0n) is 22.1. The van der Waals surface area contributed by atoms with Crippen LogP contribution in [-0.4, -0.2) is 84.7 Å². The second-order valence-corrected chi connectivity index (χ2v) is 10.3. The summed E-state index contributed by atoms with van der Waals surface area (Å²) in [7, 11) is 0. The Kier molecular flexibility index (Phi) is 11.7. The smallest absolute Gasteiger partial charge is 0.292 e. The average Bonchev–Trinajstić information content (AvgIpc) is 3.31. The van der Waals surface area contributed by atoms with Crippen LogP contribution in [-0.2, 0) is 19.2 Å². The van der Waals surface area contributed by atoms with E-state index in [1.807, 2.05) is 13.8 Å². The first kappa shape index (κ1) is 30.1. The molecule has 1 aliphatic carbocycles. The number of nitrogens with one attached hydrogen (secondary N) is 4. The fraction of sp³-hybridized carbons (Fsp3) is 0.840. The first-order valence-electron chi connectivity index (χ1n) is 13.2. The molecule has 2 aliphatic rings. The number of carbonyl (C=O) groups excluding carboxylic acids is 4. The highest BCUT2D eigenvalue weighted by Gasteiger charge is 2.41. The summed E-state index contributed by atoms with van der Waals surface area (Å²) in [5.74, 6) is -3.14. The third kappa shape index (κ3) is 8.19. The van der Waals surface area contributed by atoms with E-state index in [9.17, 15) is 28.0 Å². The van der Waals surface area contributed by atoms with Crippen LogP contribution in [0.5, 0.6) is 0 Å². The van der Waals surface area contributed by atoms with Crippen LogP contribution in [0.25, 0.3) is 0 Å². The molecule has 1 aliphatic heterocycles. The van der Waals surface area contributed by atoms with Gasteiger partial charge in [0.2, 0.25) is 5.91 Å². The van der Waals surface area contributed by atoms with E-state index in [4.69, 9.17) is 0 Å². The Bertz CT molecular complexity index is 780. The second-order valence-electron chi connectivity index (χ2n) is 10.3. The second kappa shape index (κ2) is 14.0. The van der Waals surface area contributed by atoms with Crippen molar-refractivity contribution < 1.29 is 28.0 Å².